The SMILES string of the molecule is Cc1oc2c(Br)ccc(Cc3ncc[nH]3)c2c1C. The van der Waals surface area contributed by atoms with Crippen molar-refractivity contribution in [2.24, 2.45) is 0 Å². The average Bonchev–Trinajstić information content (AvgIpc) is 2.94. The van der Waals surface area contributed by atoms with E-state index in [2.05, 4.69) is 38.9 Å². The van der Waals surface area contributed by atoms with E-state index in [1.165, 1.54) is 16.5 Å². The van der Waals surface area contributed by atoms with Gasteiger partial charge < -0.3 is 9.40 Å². The molecular weight excluding hydrogens is 292 g/mol. The molecule has 0 spiro atoms. The fourth-order valence-electron chi connectivity index (χ4n) is 2.24. The van der Waals surface area contributed by atoms with E-state index in [0.29, 0.717) is 0 Å². The monoisotopic (exact) mass is 304 g/mol. The molecular formula is C14H13BrN2O. The Labute approximate surface area is 113 Å². The van der Waals surface area contributed by atoms with Crippen LogP contribution < -0.4 is 0 Å². The number of furan rings is 1. The van der Waals surface area contributed by atoms with Crippen LogP contribution in [0.25, 0.3) is 11.0 Å². The van der Waals surface area contributed by atoms with Crippen LogP contribution in [0.5, 0.6) is 0 Å². The summed E-state index contributed by atoms with van der Waals surface area (Å²) < 4.78 is 6.81. The van der Waals surface area contributed by atoms with Gasteiger partial charge in [0.2, 0.25) is 0 Å². The van der Waals surface area contributed by atoms with E-state index >= 15 is 0 Å². The highest BCUT2D eigenvalue weighted by Gasteiger charge is 2.14. The maximum absolute atomic E-state index is 5.81. The lowest BCUT2D eigenvalue weighted by Gasteiger charge is -2.03. The summed E-state index contributed by atoms with van der Waals surface area (Å²) in [5.74, 6) is 1.94. The highest BCUT2D eigenvalue weighted by Crippen LogP contribution is 2.34. The van der Waals surface area contributed by atoms with E-state index in [1.54, 1.807) is 6.20 Å². The number of aryl methyl sites for hydroxylation is 2. The summed E-state index contributed by atoms with van der Waals surface area (Å²) >= 11 is 3.54. The van der Waals surface area contributed by atoms with Gasteiger partial charge in [0, 0.05) is 24.2 Å². The lowest BCUT2D eigenvalue weighted by Crippen LogP contribution is -1.92. The van der Waals surface area contributed by atoms with Crippen LogP contribution in [-0.4, -0.2) is 9.97 Å². The van der Waals surface area contributed by atoms with E-state index in [0.717, 1.165) is 28.1 Å². The largest absolute Gasteiger partial charge is 0.460 e. The summed E-state index contributed by atoms with van der Waals surface area (Å²) in [5, 5.41) is 1.19. The zero-order chi connectivity index (χ0) is 12.7. The summed E-state index contributed by atoms with van der Waals surface area (Å²) in [4.78, 5) is 7.42. The Balaban J connectivity index is 2.20. The second-order valence-corrected chi connectivity index (χ2v) is 5.26. The Kier molecular flexibility index (Phi) is 2.74. The minimum absolute atomic E-state index is 0.788. The van der Waals surface area contributed by atoms with E-state index in [4.69, 9.17) is 4.42 Å². The molecule has 0 unspecified atom stereocenters. The Morgan fingerprint density at radius 2 is 2.17 bits per heavy atom. The van der Waals surface area contributed by atoms with Crippen LogP contribution in [0.1, 0.15) is 22.7 Å². The number of hydrogen-bond donors (Lipinski definition) is 1. The standard InChI is InChI=1S/C14H13BrN2O/c1-8-9(2)18-14-11(15)4-3-10(13(8)14)7-12-16-5-6-17-12/h3-6H,7H2,1-2H3,(H,16,17). The van der Waals surface area contributed by atoms with Crippen molar-refractivity contribution in [1.29, 1.82) is 0 Å². The van der Waals surface area contributed by atoms with Gasteiger partial charge in [-0.25, -0.2) is 4.98 Å². The Hall–Kier alpha value is -1.55. The van der Waals surface area contributed by atoms with E-state index in [-0.39, 0.29) is 0 Å². The molecule has 0 aliphatic rings. The molecule has 2 heterocycles. The van der Waals surface area contributed by atoms with Gasteiger partial charge in [0.25, 0.3) is 0 Å². The molecule has 0 aliphatic heterocycles. The van der Waals surface area contributed by atoms with Gasteiger partial charge in [-0.05, 0) is 47.0 Å². The van der Waals surface area contributed by atoms with Gasteiger partial charge in [0.15, 0.2) is 0 Å². The van der Waals surface area contributed by atoms with Crippen LogP contribution in [0, 0.1) is 13.8 Å². The Morgan fingerprint density at radius 1 is 1.33 bits per heavy atom. The van der Waals surface area contributed by atoms with Crippen molar-refractivity contribution in [1.82, 2.24) is 9.97 Å². The molecule has 0 atom stereocenters. The first kappa shape index (κ1) is 11.5. The lowest BCUT2D eigenvalue weighted by atomic mass is 10.0. The van der Waals surface area contributed by atoms with Crippen molar-refractivity contribution in [2.45, 2.75) is 20.3 Å². The zero-order valence-electron chi connectivity index (χ0n) is 10.2. The number of nitrogens with zero attached hydrogens (tertiary/aromatic N) is 1. The number of fused-ring (bicyclic) bond motifs is 1. The summed E-state index contributed by atoms with van der Waals surface area (Å²) in [6, 6.07) is 4.15. The average molecular weight is 305 g/mol. The summed E-state index contributed by atoms with van der Waals surface area (Å²) in [7, 11) is 0. The number of rotatable bonds is 2. The van der Waals surface area contributed by atoms with Crippen molar-refractivity contribution in [2.75, 3.05) is 0 Å². The third kappa shape index (κ3) is 1.77. The maximum atomic E-state index is 5.81. The summed E-state index contributed by atoms with van der Waals surface area (Å²) in [6.07, 6.45) is 4.41. The molecule has 1 N–H and O–H groups in total. The fourth-order valence-corrected chi connectivity index (χ4v) is 2.65. The van der Waals surface area contributed by atoms with Crippen LogP contribution in [-0.2, 0) is 6.42 Å². The van der Waals surface area contributed by atoms with Gasteiger partial charge in [-0.1, -0.05) is 6.07 Å². The normalized spacial score (nSPS) is 11.3. The summed E-state index contributed by atoms with van der Waals surface area (Å²) in [6.45, 7) is 4.09. The van der Waals surface area contributed by atoms with Gasteiger partial charge in [-0.3, -0.25) is 0 Å². The smallest absolute Gasteiger partial charge is 0.148 e. The molecule has 3 aromatic rings. The summed E-state index contributed by atoms with van der Waals surface area (Å²) in [5.41, 5.74) is 3.36. The van der Waals surface area contributed by atoms with Gasteiger partial charge in [0.05, 0.1) is 4.47 Å². The second kappa shape index (κ2) is 4.28. The van der Waals surface area contributed by atoms with Crippen LogP contribution in [0.4, 0.5) is 0 Å². The quantitative estimate of drug-likeness (QED) is 0.773. The van der Waals surface area contributed by atoms with E-state index in [1.807, 2.05) is 19.2 Å². The molecule has 92 valence electrons. The number of aromatic amines is 1. The molecule has 2 aromatic heterocycles. The predicted octanol–water partition coefficient (Wildman–Crippen LogP) is 4.13. The molecule has 3 nitrogen and oxygen atoms in total. The molecule has 0 saturated carbocycles. The first-order chi connectivity index (χ1) is 8.66. The molecule has 0 fully saturated rings. The predicted molar refractivity (Wildman–Crippen MR) is 74.8 cm³/mol. The van der Waals surface area contributed by atoms with Crippen molar-refractivity contribution >= 4 is 26.9 Å². The number of aromatic nitrogens is 2. The first-order valence-electron chi connectivity index (χ1n) is 5.82. The Morgan fingerprint density at radius 3 is 2.89 bits per heavy atom. The zero-order valence-corrected chi connectivity index (χ0v) is 11.8. The van der Waals surface area contributed by atoms with Crippen LogP contribution >= 0.6 is 15.9 Å². The molecule has 0 bridgehead atoms. The number of imidazole rings is 1. The number of benzene rings is 1. The van der Waals surface area contributed by atoms with Gasteiger partial charge in [-0.2, -0.15) is 0 Å². The number of hydrogen-bond acceptors (Lipinski definition) is 2. The highest BCUT2D eigenvalue weighted by atomic mass is 79.9. The molecule has 18 heavy (non-hydrogen) atoms. The molecule has 0 amide bonds. The fraction of sp³-hybridized carbons (Fsp3) is 0.214. The van der Waals surface area contributed by atoms with Crippen molar-refractivity contribution in [3.63, 3.8) is 0 Å². The van der Waals surface area contributed by atoms with Crippen molar-refractivity contribution in [3.8, 4) is 0 Å². The van der Waals surface area contributed by atoms with Gasteiger partial charge in [-0.15, -0.1) is 0 Å². The first-order valence-corrected chi connectivity index (χ1v) is 6.61. The van der Waals surface area contributed by atoms with Gasteiger partial charge in [0.1, 0.15) is 17.2 Å². The van der Waals surface area contributed by atoms with Crippen LogP contribution in [0.3, 0.4) is 0 Å². The van der Waals surface area contributed by atoms with E-state index in [9.17, 15) is 0 Å². The third-order valence-electron chi connectivity index (χ3n) is 3.27. The topological polar surface area (TPSA) is 41.8 Å². The number of nitrogens with one attached hydrogen (secondary N) is 1. The van der Waals surface area contributed by atoms with Crippen molar-refractivity contribution in [3.05, 3.63) is 51.7 Å². The second-order valence-electron chi connectivity index (χ2n) is 4.41. The third-order valence-corrected chi connectivity index (χ3v) is 3.89. The number of halogens is 1. The molecule has 0 aliphatic carbocycles. The van der Waals surface area contributed by atoms with E-state index < -0.39 is 0 Å². The molecule has 0 radical (unpaired) electrons. The lowest BCUT2D eigenvalue weighted by molar-refractivity contribution is 0.573. The molecule has 0 saturated heterocycles. The minimum atomic E-state index is 0.788. The minimum Gasteiger partial charge on any atom is -0.460 e. The van der Waals surface area contributed by atoms with Gasteiger partial charge >= 0.3 is 0 Å². The number of H-pyrrole nitrogens is 1. The molecule has 1 aromatic carbocycles. The molecule has 4 heteroatoms. The Bertz CT molecular complexity index is 698. The van der Waals surface area contributed by atoms with Crippen molar-refractivity contribution < 1.29 is 4.42 Å². The highest BCUT2D eigenvalue weighted by molar-refractivity contribution is 9.10. The maximum Gasteiger partial charge on any atom is 0.148 e. The van der Waals surface area contributed by atoms with Crippen LogP contribution in [0.2, 0.25) is 0 Å². The van der Waals surface area contributed by atoms with Crippen LogP contribution in [0.15, 0.2) is 33.4 Å². The molecule has 3 rings (SSSR count).